The molecule has 13 rings (SSSR count). The fourth-order valence-corrected chi connectivity index (χ4v) is 13.6. The summed E-state index contributed by atoms with van der Waals surface area (Å²) in [6.45, 7) is 0. The topological polar surface area (TPSA) is 72.1 Å². The molecule has 0 amide bonds. The molecule has 2 aliphatic heterocycles. The van der Waals surface area contributed by atoms with Gasteiger partial charge in [0.1, 0.15) is 11.2 Å². The van der Waals surface area contributed by atoms with Gasteiger partial charge in [0.05, 0.1) is 28.2 Å². The number of furan rings is 1. The van der Waals surface area contributed by atoms with Crippen LogP contribution in [-0.4, -0.2) is 15.0 Å². The van der Waals surface area contributed by atoms with Crippen molar-refractivity contribution >= 4 is 62.1 Å². The SMILES string of the molecule is O=P1(c2ccccc2)c2ccccc2C2(c3ccccc3N(c3ccccc3)c3cc(-c4nc(-c5ccccc5)cc(-c5cccnc5)n4)ccc32)c2cc3c(cc21)oc1ccccc13. The fourth-order valence-electron chi connectivity index (χ4n) is 10.4. The lowest BCUT2D eigenvalue weighted by Gasteiger charge is -2.50. The third kappa shape index (κ3) is 5.48. The van der Waals surface area contributed by atoms with E-state index in [-0.39, 0.29) is 0 Å². The molecule has 7 heteroatoms. The molecule has 5 heterocycles. The van der Waals surface area contributed by atoms with Crippen LogP contribution in [-0.2, 0) is 9.98 Å². The zero-order chi connectivity index (χ0) is 43.1. The maximum atomic E-state index is 16.7. The number of anilines is 3. The molecular weight excluding hydrogens is 816 g/mol. The van der Waals surface area contributed by atoms with Crippen LogP contribution in [0, 0.1) is 0 Å². The maximum Gasteiger partial charge on any atom is 0.171 e. The molecule has 0 saturated heterocycles. The highest BCUT2D eigenvalue weighted by Crippen LogP contribution is 2.63. The van der Waals surface area contributed by atoms with E-state index in [1.165, 1.54) is 0 Å². The second-order valence-corrected chi connectivity index (χ2v) is 19.4. The smallest absolute Gasteiger partial charge is 0.171 e. The molecule has 11 aromatic rings. The Balaban J connectivity index is 1.16. The van der Waals surface area contributed by atoms with Crippen molar-refractivity contribution in [3.05, 3.63) is 247 Å². The van der Waals surface area contributed by atoms with Crippen molar-refractivity contribution in [2.24, 2.45) is 0 Å². The Morgan fingerprint density at radius 2 is 1.12 bits per heavy atom. The van der Waals surface area contributed by atoms with Gasteiger partial charge in [0, 0.05) is 61.5 Å². The molecule has 306 valence electrons. The Morgan fingerprint density at radius 1 is 0.462 bits per heavy atom. The van der Waals surface area contributed by atoms with Crippen LogP contribution >= 0.6 is 7.14 Å². The van der Waals surface area contributed by atoms with Crippen molar-refractivity contribution in [1.29, 1.82) is 0 Å². The van der Waals surface area contributed by atoms with Gasteiger partial charge in [-0.15, -0.1) is 0 Å². The molecule has 3 aromatic heterocycles. The number of benzene rings is 8. The van der Waals surface area contributed by atoms with Crippen molar-refractivity contribution in [1.82, 2.24) is 15.0 Å². The average molecular weight is 853 g/mol. The zero-order valence-corrected chi connectivity index (χ0v) is 35.8. The van der Waals surface area contributed by atoms with Gasteiger partial charge in [-0.2, -0.15) is 0 Å². The van der Waals surface area contributed by atoms with E-state index in [9.17, 15) is 0 Å². The predicted octanol–water partition coefficient (Wildman–Crippen LogP) is 12.9. The van der Waals surface area contributed by atoms with Gasteiger partial charge in [-0.1, -0.05) is 152 Å². The molecule has 0 saturated carbocycles. The van der Waals surface area contributed by atoms with Gasteiger partial charge in [-0.05, 0) is 82.9 Å². The molecular formula is C58H37N4O2P. The molecule has 2 atom stereocenters. The summed E-state index contributed by atoms with van der Waals surface area (Å²) in [5, 5.41) is 4.36. The van der Waals surface area contributed by atoms with Crippen LogP contribution < -0.4 is 20.8 Å². The van der Waals surface area contributed by atoms with Crippen LogP contribution in [0.1, 0.15) is 22.3 Å². The van der Waals surface area contributed by atoms with E-state index in [0.717, 1.165) is 99.7 Å². The third-order valence-electron chi connectivity index (χ3n) is 13.2. The molecule has 0 N–H and O–H groups in total. The molecule has 1 spiro atoms. The minimum Gasteiger partial charge on any atom is -0.456 e. The molecule has 65 heavy (non-hydrogen) atoms. The van der Waals surface area contributed by atoms with Gasteiger partial charge in [-0.25, -0.2) is 9.97 Å². The fraction of sp³-hybridized carbons (Fsp3) is 0.0172. The van der Waals surface area contributed by atoms with Gasteiger partial charge >= 0.3 is 0 Å². The van der Waals surface area contributed by atoms with Gasteiger partial charge in [0.25, 0.3) is 0 Å². The Morgan fingerprint density at radius 3 is 1.92 bits per heavy atom. The largest absolute Gasteiger partial charge is 0.456 e. The second kappa shape index (κ2) is 14.4. The molecule has 0 radical (unpaired) electrons. The molecule has 2 aliphatic rings. The molecule has 0 aliphatic carbocycles. The van der Waals surface area contributed by atoms with Crippen molar-refractivity contribution in [2.45, 2.75) is 5.41 Å². The number of para-hydroxylation sites is 3. The lowest BCUT2D eigenvalue weighted by Crippen LogP contribution is -2.49. The first-order chi connectivity index (χ1) is 32.1. The summed E-state index contributed by atoms with van der Waals surface area (Å²) in [4.78, 5) is 17.3. The standard InChI is InChI=1S/C58H37N4O2P/c63-65(42-22-8-3-9-23-42)55-29-15-12-26-47(55)58(48-34-44-43-24-10-14-28-53(43)64-54(44)36-56(48)65)45-25-11-13-27-51(45)62(41-20-6-2-7-21-41)52-33-39(30-31-46(52)58)57-60-49(38-17-4-1-5-18-38)35-50(61-57)40-19-16-32-59-37-40/h1-37H. The quantitative estimate of drug-likeness (QED) is 0.161. The van der Waals surface area contributed by atoms with E-state index in [1.54, 1.807) is 6.20 Å². The lowest BCUT2D eigenvalue weighted by atomic mass is 9.62. The summed E-state index contributed by atoms with van der Waals surface area (Å²) in [5.41, 5.74) is 12.0. The summed E-state index contributed by atoms with van der Waals surface area (Å²) >= 11 is 0. The molecule has 0 fully saturated rings. The summed E-state index contributed by atoms with van der Waals surface area (Å²) in [5.74, 6) is 0.596. The van der Waals surface area contributed by atoms with Crippen LogP contribution in [0.4, 0.5) is 17.1 Å². The average Bonchev–Trinajstić information content (AvgIpc) is 3.75. The molecule has 0 bridgehead atoms. The number of nitrogens with zero attached hydrogens (tertiary/aromatic N) is 4. The lowest BCUT2D eigenvalue weighted by molar-refractivity contribution is 0.590. The normalized spacial score (nSPS) is 17.1. The van der Waals surface area contributed by atoms with Gasteiger partial charge in [0.15, 0.2) is 13.0 Å². The Kier molecular flexibility index (Phi) is 8.30. The molecule has 2 unspecified atom stereocenters. The van der Waals surface area contributed by atoms with Crippen LogP contribution in [0.15, 0.2) is 229 Å². The van der Waals surface area contributed by atoms with E-state index in [2.05, 4.69) is 137 Å². The predicted molar refractivity (Wildman–Crippen MR) is 263 cm³/mol. The van der Waals surface area contributed by atoms with E-state index < -0.39 is 12.6 Å². The van der Waals surface area contributed by atoms with Gasteiger partial charge in [0.2, 0.25) is 0 Å². The van der Waals surface area contributed by atoms with Crippen LogP contribution in [0.5, 0.6) is 0 Å². The number of aromatic nitrogens is 3. The monoisotopic (exact) mass is 852 g/mol. The van der Waals surface area contributed by atoms with Gasteiger partial charge in [-0.3, -0.25) is 4.98 Å². The van der Waals surface area contributed by atoms with Crippen LogP contribution in [0.2, 0.25) is 0 Å². The van der Waals surface area contributed by atoms with Crippen molar-refractivity contribution < 1.29 is 8.98 Å². The van der Waals surface area contributed by atoms with Crippen LogP contribution in [0.3, 0.4) is 0 Å². The minimum absolute atomic E-state index is 0.596. The number of rotatable bonds is 5. The highest BCUT2D eigenvalue weighted by atomic mass is 31.2. The Bertz CT molecular complexity index is 3650. The summed E-state index contributed by atoms with van der Waals surface area (Å²) < 4.78 is 23.4. The summed E-state index contributed by atoms with van der Waals surface area (Å²) in [7, 11) is -3.51. The van der Waals surface area contributed by atoms with Crippen molar-refractivity contribution in [3.8, 4) is 33.9 Å². The Hall–Kier alpha value is -8.18. The van der Waals surface area contributed by atoms with E-state index in [0.29, 0.717) is 11.4 Å². The van der Waals surface area contributed by atoms with Crippen LogP contribution in [0.25, 0.3) is 55.8 Å². The summed E-state index contributed by atoms with van der Waals surface area (Å²) in [6.07, 6.45) is 3.62. The van der Waals surface area contributed by atoms with Crippen molar-refractivity contribution in [3.63, 3.8) is 0 Å². The Labute approximate surface area is 375 Å². The number of fused-ring (bicyclic) bond motifs is 11. The van der Waals surface area contributed by atoms with Crippen molar-refractivity contribution in [2.75, 3.05) is 4.90 Å². The highest BCUT2D eigenvalue weighted by molar-refractivity contribution is 7.85. The number of hydrogen-bond donors (Lipinski definition) is 0. The van der Waals surface area contributed by atoms with E-state index in [1.807, 2.05) is 91.1 Å². The second-order valence-electron chi connectivity index (χ2n) is 16.7. The molecule has 6 nitrogen and oxygen atoms in total. The number of hydrogen-bond acceptors (Lipinski definition) is 6. The van der Waals surface area contributed by atoms with E-state index in [4.69, 9.17) is 14.4 Å². The first kappa shape index (κ1) is 37.4. The first-order valence-electron chi connectivity index (χ1n) is 21.8. The highest BCUT2D eigenvalue weighted by Gasteiger charge is 2.55. The van der Waals surface area contributed by atoms with E-state index >= 15 is 4.57 Å². The summed E-state index contributed by atoms with van der Waals surface area (Å²) in [6, 6.07) is 73.1. The minimum atomic E-state index is -3.51. The molecule has 8 aromatic carbocycles. The maximum absolute atomic E-state index is 16.7. The van der Waals surface area contributed by atoms with Gasteiger partial charge < -0.3 is 13.9 Å². The first-order valence-corrected chi connectivity index (χ1v) is 23.5. The third-order valence-corrected chi connectivity index (χ3v) is 16.4. The number of pyridine rings is 1. The zero-order valence-electron chi connectivity index (χ0n) is 34.9.